The standard InChI is InChI=1S/C17H16F2N6O2/c1-2-15-20-16(27-22-15)14-9-25(23-21-14)11-5-6-24(8-11)17(26)10-3-4-12(18)13(19)7-10/h3-4,7,9,11H,2,5-6,8H2,1H3/t11-/m1/s1. The van der Waals surface area contributed by atoms with E-state index < -0.39 is 11.6 Å². The molecule has 0 aliphatic carbocycles. The summed E-state index contributed by atoms with van der Waals surface area (Å²) in [6.07, 6.45) is 3.02. The largest absolute Gasteiger partial charge is 0.336 e. The molecule has 0 saturated carbocycles. The maximum atomic E-state index is 13.4. The minimum Gasteiger partial charge on any atom is -0.336 e. The fraction of sp³-hybridized carbons (Fsp3) is 0.353. The Bertz CT molecular complexity index is 985. The summed E-state index contributed by atoms with van der Waals surface area (Å²) < 4.78 is 33.2. The number of carbonyl (C=O) groups is 1. The molecule has 3 heterocycles. The van der Waals surface area contributed by atoms with Gasteiger partial charge in [-0.2, -0.15) is 4.98 Å². The first-order valence-electron chi connectivity index (χ1n) is 8.54. The number of aryl methyl sites for hydroxylation is 1. The highest BCUT2D eigenvalue weighted by Crippen LogP contribution is 2.24. The molecular formula is C17H16F2N6O2. The summed E-state index contributed by atoms with van der Waals surface area (Å²) in [6, 6.07) is 3.07. The third kappa shape index (κ3) is 3.29. The molecule has 1 saturated heterocycles. The molecule has 1 aromatic carbocycles. The molecule has 10 heteroatoms. The first kappa shape index (κ1) is 17.3. The molecule has 1 atom stereocenters. The van der Waals surface area contributed by atoms with Crippen LogP contribution in [0, 0.1) is 11.6 Å². The van der Waals surface area contributed by atoms with Gasteiger partial charge in [0.1, 0.15) is 0 Å². The average Bonchev–Trinajstić information content (AvgIpc) is 3.42. The van der Waals surface area contributed by atoms with Crippen LogP contribution in [0.3, 0.4) is 0 Å². The van der Waals surface area contributed by atoms with E-state index in [9.17, 15) is 13.6 Å². The van der Waals surface area contributed by atoms with Gasteiger partial charge in [0, 0.05) is 25.1 Å². The minimum atomic E-state index is -1.04. The van der Waals surface area contributed by atoms with Gasteiger partial charge in [0.2, 0.25) is 0 Å². The second-order valence-corrected chi connectivity index (χ2v) is 6.28. The highest BCUT2D eigenvalue weighted by atomic mass is 19.2. The Kier molecular flexibility index (Phi) is 4.38. The minimum absolute atomic E-state index is 0.0749. The van der Waals surface area contributed by atoms with Crippen LogP contribution < -0.4 is 0 Å². The van der Waals surface area contributed by atoms with E-state index in [4.69, 9.17) is 4.52 Å². The lowest BCUT2D eigenvalue weighted by Gasteiger charge is -2.16. The van der Waals surface area contributed by atoms with Gasteiger partial charge < -0.3 is 9.42 Å². The molecule has 1 amide bonds. The molecule has 4 rings (SSSR count). The van der Waals surface area contributed by atoms with Crippen molar-refractivity contribution in [3.8, 4) is 11.6 Å². The predicted molar refractivity (Wildman–Crippen MR) is 88.6 cm³/mol. The summed E-state index contributed by atoms with van der Waals surface area (Å²) in [6.45, 7) is 2.80. The topological polar surface area (TPSA) is 89.9 Å². The van der Waals surface area contributed by atoms with Crippen molar-refractivity contribution in [1.29, 1.82) is 0 Å². The molecule has 0 radical (unpaired) electrons. The number of nitrogens with zero attached hydrogens (tertiary/aromatic N) is 6. The number of likely N-dealkylation sites (tertiary alicyclic amines) is 1. The van der Waals surface area contributed by atoms with E-state index in [0.717, 1.165) is 12.1 Å². The van der Waals surface area contributed by atoms with Gasteiger partial charge in [-0.25, -0.2) is 13.5 Å². The Balaban J connectivity index is 1.46. The van der Waals surface area contributed by atoms with Crippen LogP contribution in [0.2, 0.25) is 0 Å². The van der Waals surface area contributed by atoms with Crippen molar-refractivity contribution in [2.45, 2.75) is 25.8 Å². The first-order valence-corrected chi connectivity index (χ1v) is 8.54. The molecule has 1 aliphatic heterocycles. The number of hydrogen-bond donors (Lipinski definition) is 0. The second kappa shape index (κ2) is 6.86. The molecule has 0 spiro atoms. The Morgan fingerprint density at radius 3 is 2.93 bits per heavy atom. The van der Waals surface area contributed by atoms with Crippen molar-refractivity contribution in [2.75, 3.05) is 13.1 Å². The number of halogens is 2. The van der Waals surface area contributed by atoms with Crippen molar-refractivity contribution in [2.24, 2.45) is 0 Å². The Hall–Kier alpha value is -3.17. The molecule has 27 heavy (non-hydrogen) atoms. The van der Waals surface area contributed by atoms with Crippen LogP contribution in [0.25, 0.3) is 11.6 Å². The zero-order chi connectivity index (χ0) is 19.0. The Morgan fingerprint density at radius 2 is 2.19 bits per heavy atom. The Labute approximate surface area is 152 Å². The van der Waals surface area contributed by atoms with Crippen LogP contribution >= 0.6 is 0 Å². The van der Waals surface area contributed by atoms with E-state index in [-0.39, 0.29) is 17.5 Å². The van der Waals surface area contributed by atoms with Crippen LogP contribution in [0.5, 0.6) is 0 Å². The molecule has 0 unspecified atom stereocenters. The average molecular weight is 374 g/mol. The first-order chi connectivity index (χ1) is 13.0. The number of benzene rings is 1. The zero-order valence-corrected chi connectivity index (χ0v) is 14.5. The fourth-order valence-electron chi connectivity index (χ4n) is 3.01. The number of amides is 1. The van der Waals surface area contributed by atoms with Crippen molar-refractivity contribution < 1.29 is 18.1 Å². The molecule has 0 bridgehead atoms. The second-order valence-electron chi connectivity index (χ2n) is 6.28. The van der Waals surface area contributed by atoms with Gasteiger partial charge in [-0.15, -0.1) is 5.10 Å². The number of carbonyl (C=O) groups excluding carboxylic acids is 1. The van der Waals surface area contributed by atoms with Crippen LogP contribution in [0.15, 0.2) is 28.9 Å². The lowest BCUT2D eigenvalue weighted by atomic mass is 10.2. The van der Waals surface area contributed by atoms with E-state index >= 15 is 0 Å². The van der Waals surface area contributed by atoms with Crippen LogP contribution in [0.1, 0.15) is 35.6 Å². The van der Waals surface area contributed by atoms with E-state index in [1.54, 1.807) is 15.8 Å². The normalized spacial score (nSPS) is 16.9. The van der Waals surface area contributed by atoms with E-state index in [1.807, 2.05) is 6.92 Å². The van der Waals surface area contributed by atoms with E-state index in [1.165, 1.54) is 6.07 Å². The van der Waals surface area contributed by atoms with Crippen molar-refractivity contribution in [3.63, 3.8) is 0 Å². The van der Waals surface area contributed by atoms with Gasteiger partial charge in [-0.3, -0.25) is 4.79 Å². The summed E-state index contributed by atoms with van der Waals surface area (Å²) in [4.78, 5) is 18.3. The summed E-state index contributed by atoms with van der Waals surface area (Å²) in [5.41, 5.74) is 0.583. The highest BCUT2D eigenvalue weighted by molar-refractivity contribution is 5.94. The van der Waals surface area contributed by atoms with Crippen LogP contribution in [-0.2, 0) is 6.42 Å². The van der Waals surface area contributed by atoms with Gasteiger partial charge in [-0.1, -0.05) is 17.3 Å². The fourth-order valence-corrected chi connectivity index (χ4v) is 3.01. The molecule has 3 aromatic rings. The lowest BCUT2D eigenvalue weighted by molar-refractivity contribution is 0.0786. The predicted octanol–water partition coefficient (Wildman–Crippen LogP) is 2.26. The lowest BCUT2D eigenvalue weighted by Crippen LogP contribution is -2.29. The summed E-state index contributed by atoms with van der Waals surface area (Å²) in [5, 5.41) is 12.0. The highest BCUT2D eigenvalue weighted by Gasteiger charge is 2.29. The molecule has 1 fully saturated rings. The molecule has 8 nitrogen and oxygen atoms in total. The molecule has 140 valence electrons. The third-order valence-corrected chi connectivity index (χ3v) is 4.50. The van der Waals surface area contributed by atoms with Crippen molar-refractivity contribution in [1.82, 2.24) is 30.0 Å². The van der Waals surface area contributed by atoms with Crippen LogP contribution in [-0.4, -0.2) is 49.0 Å². The summed E-state index contributed by atoms with van der Waals surface area (Å²) >= 11 is 0. The van der Waals surface area contributed by atoms with E-state index in [0.29, 0.717) is 43.3 Å². The SMILES string of the molecule is CCc1noc(-c2cn([C@@H]3CCN(C(=O)c4ccc(F)c(F)c4)C3)nn2)n1. The summed E-state index contributed by atoms with van der Waals surface area (Å²) in [5.74, 6) is -1.48. The Morgan fingerprint density at radius 1 is 1.33 bits per heavy atom. The van der Waals surface area contributed by atoms with Crippen molar-refractivity contribution >= 4 is 5.91 Å². The van der Waals surface area contributed by atoms with E-state index in [2.05, 4.69) is 20.5 Å². The van der Waals surface area contributed by atoms with Gasteiger partial charge in [0.15, 0.2) is 23.2 Å². The molecular weight excluding hydrogens is 358 g/mol. The van der Waals surface area contributed by atoms with Crippen molar-refractivity contribution in [3.05, 3.63) is 47.4 Å². The summed E-state index contributed by atoms with van der Waals surface area (Å²) in [7, 11) is 0. The number of rotatable bonds is 4. The third-order valence-electron chi connectivity index (χ3n) is 4.50. The molecule has 0 N–H and O–H groups in total. The maximum absolute atomic E-state index is 13.4. The van der Waals surface area contributed by atoms with Crippen LogP contribution in [0.4, 0.5) is 8.78 Å². The maximum Gasteiger partial charge on any atom is 0.280 e. The van der Waals surface area contributed by atoms with Gasteiger partial charge in [-0.05, 0) is 24.6 Å². The monoisotopic (exact) mass is 374 g/mol. The number of hydrogen-bond acceptors (Lipinski definition) is 6. The molecule has 2 aromatic heterocycles. The zero-order valence-electron chi connectivity index (χ0n) is 14.5. The van der Waals surface area contributed by atoms with Gasteiger partial charge in [0.25, 0.3) is 11.8 Å². The quantitative estimate of drug-likeness (QED) is 0.696. The van der Waals surface area contributed by atoms with Gasteiger partial charge >= 0.3 is 0 Å². The molecule has 1 aliphatic rings. The number of aromatic nitrogens is 5. The van der Waals surface area contributed by atoms with Gasteiger partial charge in [0.05, 0.1) is 12.2 Å². The smallest absolute Gasteiger partial charge is 0.280 e.